The third kappa shape index (κ3) is 2.81. The summed E-state index contributed by atoms with van der Waals surface area (Å²) in [6.45, 7) is 11.9. The summed E-state index contributed by atoms with van der Waals surface area (Å²) in [6.07, 6.45) is 0. The summed E-state index contributed by atoms with van der Waals surface area (Å²) < 4.78 is 5.46. The molecule has 2 saturated heterocycles. The van der Waals surface area contributed by atoms with Gasteiger partial charge in [-0.15, -0.1) is 0 Å². The van der Waals surface area contributed by atoms with E-state index in [1.54, 1.807) is 0 Å². The van der Waals surface area contributed by atoms with E-state index in [1.165, 1.54) is 0 Å². The molecule has 0 N–H and O–H groups in total. The van der Waals surface area contributed by atoms with Crippen molar-refractivity contribution in [2.24, 2.45) is 5.92 Å². The van der Waals surface area contributed by atoms with Crippen LogP contribution in [0.2, 0.25) is 0 Å². The van der Waals surface area contributed by atoms with Gasteiger partial charge in [0.15, 0.2) is 0 Å². The smallest absolute Gasteiger partial charge is 0.147 e. The van der Waals surface area contributed by atoms with Crippen molar-refractivity contribution in [3.8, 4) is 6.07 Å². The molecule has 0 unspecified atom stereocenters. The molecule has 0 saturated carbocycles. The first-order valence-corrected chi connectivity index (χ1v) is 8.05. The lowest BCUT2D eigenvalue weighted by molar-refractivity contribution is 0.0134. The van der Waals surface area contributed by atoms with Crippen LogP contribution in [-0.2, 0) is 4.74 Å². The van der Waals surface area contributed by atoms with Crippen LogP contribution >= 0.6 is 0 Å². The predicted molar refractivity (Wildman–Crippen MR) is 86.0 cm³/mol. The molecule has 22 heavy (non-hydrogen) atoms. The van der Waals surface area contributed by atoms with Gasteiger partial charge >= 0.3 is 0 Å². The lowest BCUT2D eigenvalue weighted by atomic mass is 10.0. The van der Waals surface area contributed by atoms with Crippen molar-refractivity contribution in [1.29, 1.82) is 5.26 Å². The second-order valence-corrected chi connectivity index (χ2v) is 6.49. The maximum atomic E-state index is 9.49. The molecule has 0 radical (unpaired) electrons. The van der Waals surface area contributed by atoms with Crippen LogP contribution in [0.15, 0.2) is 6.07 Å². The van der Waals surface area contributed by atoms with Crippen molar-refractivity contribution in [3.05, 3.63) is 22.9 Å². The summed E-state index contributed by atoms with van der Waals surface area (Å²) in [5, 5.41) is 9.49. The Morgan fingerprint density at radius 1 is 1.27 bits per heavy atom. The van der Waals surface area contributed by atoms with Crippen molar-refractivity contribution >= 4 is 5.82 Å². The number of hydrogen-bond donors (Lipinski definition) is 0. The second-order valence-electron chi connectivity index (χ2n) is 6.49. The van der Waals surface area contributed by atoms with E-state index in [0.29, 0.717) is 12.0 Å². The number of aromatic nitrogens is 1. The zero-order chi connectivity index (χ0) is 15.7. The third-order valence-corrected chi connectivity index (χ3v) is 4.82. The Morgan fingerprint density at radius 2 is 2.00 bits per heavy atom. The Labute approximate surface area is 132 Å². The van der Waals surface area contributed by atoms with E-state index < -0.39 is 0 Å². The summed E-state index contributed by atoms with van der Waals surface area (Å²) in [6, 6.07) is 4.85. The molecule has 1 aromatic heterocycles. The summed E-state index contributed by atoms with van der Waals surface area (Å²) >= 11 is 0. The van der Waals surface area contributed by atoms with E-state index in [9.17, 15) is 5.26 Å². The van der Waals surface area contributed by atoms with Crippen LogP contribution < -0.4 is 4.90 Å². The van der Waals surface area contributed by atoms with Gasteiger partial charge in [-0.25, -0.2) is 4.98 Å². The Hall–Kier alpha value is -1.64. The Bertz CT molecular complexity index is 589. The van der Waals surface area contributed by atoms with Crippen molar-refractivity contribution < 1.29 is 4.74 Å². The summed E-state index contributed by atoms with van der Waals surface area (Å²) in [7, 11) is 0. The molecule has 0 amide bonds. The topological polar surface area (TPSA) is 52.4 Å². The van der Waals surface area contributed by atoms with Crippen LogP contribution in [0.5, 0.6) is 0 Å². The predicted octanol–water partition coefficient (Wildman–Crippen LogP) is 1.73. The van der Waals surface area contributed by atoms with Gasteiger partial charge in [0.25, 0.3) is 0 Å². The second kappa shape index (κ2) is 6.23. The van der Waals surface area contributed by atoms with Crippen LogP contribution in [0, 0.1) is 31.1 Å². The van der Waals surface area contributed by atoms with Gasteiger partial charge in [0.2, 0.25) is 0 Å². The van der Waals surface area contributed by atoms with Crippen molar-refractivity contribution in [1.82, 2.24) is 9.88 Å². The minimum Gasteiger partial charge on any atom is -0.379 e. The minimum atomic E-state index is 0.526. The molecule has 5 heteroatoms. The molecule has 0 aliphatic carbocycles. The highest BCUT2D eigenvalue weighted by Gasteiger charge is 2.36. The van der Waals surface area contributed by atoms with Crippen LogP contribution in [-0.4, -0.2) is 55.3 Å². The molecule has 2 aliphatic rings. The zero-order valence-corrected chi connectivity index (χ0v) is 13.7. The van der Waals surface area contributed by atoms with Crippen molar-refractivity contribution in [2.45, 2.75) is 26.8 Å². The molecule has 0 bridgehead atoms. The van der Waals surface area contributed by atoms with Crippen LogP contribution in [0.4, 0.5) is 5.82 Å². The van der Waals surface area contributed by atoms with Crippen LogP contribution in [0.25, 0.3) is 0 Å². The van der Waals surface area contributed by atoms with Crippen molar-refractivity contribution in [3.63, 3.8) is 0 Å². The number of anilines is 1. The largest absolute Gasteiger partial charge is 0.379 e. The average molecular weight is 300 g/mol. The minimum absolute atomic E-state index is 0.526. The summed E-state index contributed by atoms with van der Waals surface area (Å²) in [4.78, 5) is 9.49. The van der Waals surface area contributed by atoms with Gasteiger partial charge < -0.3 is 9.64 Å². The number of aryl methyl sites for hydroxylation is 2. The fourth-order valence-corrected chi connectivity index (χ4v) is 3.69. The molecule has 3 rings (SSSR count). The van der Waals surface area contributed by atoms with Gasteiger partial charge in [-0.3, -0.25) is 4.90 Å². The van der Waals surface area contributed by atoms with E-state index in [0.717, 1.165) is 62.0 Å². The van der Waals surface area contributed by atoms with Crippen LogP contribution in [0.3, 0.4) is 0 Å². The summed E-state index contributed by atoms with van der Waals surface area (Å²) in [5.41, 5.74) is 2.72. The number of ether oxygens (including phenoxy) is 1. The lowest BCUT2D eigenvalue weighted by Gasteiger charge is -2.34. The third-order valence-electron chi connectivity index (χ3n) is 4.82. The SMILES string of the molecule is Cc1cc(C)c(C#N)c(N2C[C@@H](N3CCOCC3)[C@@H](C)C2)n1. The highest BCUT2D eigenvalue weighted by atomic mass is 16.5. The highest BCUT2D eigenvalue weighted by molar-refractivity contribution is 5.59. The Balaban J connectivity index is 1.84. The molecule has 5 nitrogen and oxygen atoms in total. The standard InChI is InChI=1S/C17H24N4O/c1-12-8-14(3)19-17(15(12)9-18)21-10-13(2)16(11-21)20-4-6-22-7-5-20/h8,13,16H,4-7,10-11H2,1-3H3/t13-,16+/m0/s1. The van der Waals surface area contributed by atoms with Crippen LogP contribution in [0.1, 0.15) is 23.7 Å². The first-order chi connectivity index (χ1) is 10.6. The fraction of sp³-hybridized carbons (Fsp3) is 0.647. The van der Waals surface area contributed by atoms with E-state index in [4.69, 9.17) is 4.74 Å². The molecule has 0 aromatic carbocycles. The first-order valence-electron chi connectivity index (χ1n) is 8.05. The fourth-order valence-electron chi connectivity index (χ4n) is 3.69. The molecular formula is C17H24N4O. The van der Waals surface area contributed by atoms with Gasteiger partial charge in [0.1, 0.15) is 11.9 Å². The quantitative estimate of drug-likeness (QED) is 0.832. The maximum absolute atomic E-state index is 9.49. The van der Waals surface area contributed by atoms with E-state index >= 15 is 0 Å². The zero-order valence-electron chi connectivity index (χ0n) is 13.7. The van der Waals surface area contributed by atoms with E-state index in [2.05, 4.69) is 27.8 Å². The van der Waals surface area contributed by atoms with Gasteiger partial charge in [0, 0.05) is 37.9 Å². The number of nitriles is 1. The average Bonchev–Trinajstić information content (AvgIpc) is 2.89. The van der Waals surface area contributed by atoms with Gasteiger partial charge in [-0.2, -0.15) is 5.26 Å². The molecule has 3 heterocycles. The monoisotopic (exact) mass is 300 g/mol. The Morgan fingerprint density at radius 3 is 2.68 bits per heavy atom. The van der Waals surface area contributed by atoms with Gasteiger partial charge in [-0.1, -0.05) is 6.92 Å². The van der Waals surface area contributed by atoms with E-state index in [1.807, 2.05) is 19.9 Å². The molecule has 0 spiro atoms. The normalized spacial score (nSPS) is 26.2. The molecular weight excluding hydrogens is 276 g/mol. The number of morpholine rings is 1. The molecule has 2 aliphatic heterocycles. The highest BCUT2D eigenvalue weighted by Crippen LogP contribution is 2.30. The lowest BCUT2D eigenvalue weighted by Crippen LogP contribution is -2.46. The number of hydrogen-bond acceptors (Lipinski definition) is 5. The number of rotatable bonds is 2. The summed E-state index contributed by atoms with van der Waals surface area (Å²) in [5.74, 6) is 1.44. The Kier molecular flexibility index (Phi) is 4.32. The molecule has 2 atom stereocenters. The first kappa shape index (κ1) is 15.3. The van der Waals surface area contributed by atoms with Gasteiger partial charge in [0.05, 0.1) is 18.8 Å². The number of nitrogens with zero attached hydrogens (tertiary/aromatic N) is 4. The van der Waals surface area contributed by atoms with Crippen molar-refractivity contribution in [2.75, 3.05) is 44.3 Å². The molecule has 2 fully saturated rings. The number of pyridine rings is 1. The van der Waals surface area contributed by atoms with E-state index in [-0.39, 0.29) is 0 Å². The van der Waals surface area contributed by atoms with Gasteiger partial charge in [-0.05, 0) is 31.4 Å². The maximum Gasteiger partial charge on any atom is 0.147 e. The molecule has 1 aromatic rings. The molecule has 118 valence electrons.